The first-order valence-electron chi connectivity index (χ1n) is 7.16. The summed E-state index contributed by atoms with van der Waals surface area (Å²) in [6.45, 7) is 7.47. The fraction of sp³-hybridized carbons (Fsp3) is 0.429. The molecular weight excluding hydrogens is 348 g/mol. The fourth-order valence-corrected chi connectivity index (χ4v) is 2.88. The predicted octanol–water partition coefficient (Wildman–Crippen LogP) is 2.56. The molecule has 1 rings (SSSR count). The molecule has 3 N–H and O–H groups in total. The lowest BCUT2D eigenvalue weighted by Crippen LogP contribution is -2.32. The van der Waals surface area contributed by atoms with Crippen molar-refractivity contribution in [3.63, 3.8) is 0 Å². The van der Waals surface area contributed by atoms with Crippen LogP contribution in [0.2, 0.25) is 0 Å². The van der Waals surface area contributed by atoms with E-state index >= 15 is 0 Å². The van der Waals surface area contributed by atoms with Crippen molar-refractivity contribution < 1.29 is 0 Å². The number of hydrogen-bond donors (Lipinski definition) is 3. The highest BCUT2D eigenvalue weighted by molar-refractivity contribution is 8.13. The minimum absolute atomic E-state index is 0.483. The predicted molar refractivity (Wildman–Crippen MR) is 108 cm³/mol. The average molecular weight is 371 g/mol. The molecule has 0 aliphatic heterocycles. The third-order valence-corrected chi connectivity index (χ3v) is 4.32. The topological polar surface area (TPSA) is 73.2 Å². The van der Waals surface area contributed by atoms with Gasteiger partial charge in [-0.05, 0) is 51.4 Å². The van der Waals surface area contributed by atoms with Crippen LogP contribution in [0.4, 0.5) is 0 Å². The van der Waals surface area contributed by atoms with Crippen LogP contribution >= 0.6 is 35.3 Å². The van der Waals surface area contributed by atoms with Gasteiger partial charge in [0.2, 0.25) is 0 Å². The Morgan fingerprint density at radius 3 is 2.70 bits per heavy atom. The molecule has 6 nitrogen and oxygen atoms in total. The van der Waals surface area contributed by atoms with Crippen molar-refractivity contribution in [2.24, 2.45) is 15.2 Å². The quantitative estimate of drug-likeness (QED) is 0.311. The first-order chi connectivity index (χ1) is 11.1. The molecule has 0 bridgehead atoms. The van der Waals surface area contributed by atoms with Crippen molar-refractivity contribution >= 4 is 57.5 Å². The molecule has 0 saturated heterocycles. The molecule has 0 aromatic carbocycles. The number of nitrogens with one attached hydrogen (secondary N) is 3. The molecule has 0 aliphatic carbocycles. The van der Waals surface area contributed by atoms with Gasteiger partial charge in [0, 0.05) is 18.0 Å². The third-order valence-electron chi connectivity index (χ3n) is 2.45. The summed E-state index contributed by atoms with van der Waals surface area (Å²) < 4.78 is 0. The summed E-state index contributed by atoms with van der Waals surface area (Å²) in [5.41, 5.74) is 6.45. The van der Waals surface area contributed by atoms with Crippen molar-refractivity contribution in [2.45, 2.75) is 20.8 Å². The molecule has 1 heterocycles. The lowest BCUT2D eigenvalue weighted by molar-refractivity contribution is 0.903. The number of aliphatic imine (C=N–C) groups is 1. The Balaban J connectivity index is 2.85. The lowest BCUT2D eigenvalue weighted by atomic mass is 10.3. The summed E-state index contributed by atoms with van der Waals surface area (Å²) in [5.74, 6) is 0. The summed E-state index contributed by atoms with van der Waals surface area (Å²) in [5, 5.41) is 12.8. The maximum Gasteiger partial charge on any atom is 0.186 e. The van der Waals surface area contributed by atoms with Crippen LogP contribution in [0.5, 0.6) is 0 Å². The van der Waals surface area contributed by atoms with Gasteiger partial charge in [-0.15, -0.1) is 11.3 Å². The van der Waals surface area contributed by atoms with Crippen molar-refractivity contribution in [2.75, 3.05) is 19.3 Å². The van der Waals surface area contributed by atoms with Crippen LogP contribution in [-0.4, -0.2) is 41.6 Å². The largest absolute Gasteiger partial charge is 0.362 e. The van der Waals surface area contributed by atoms with Crippen LogP contribution in [0.1, 0.15) is 23.6 Å². The minimum Gasteiger partial charge on any atom is -0.362 e. The van der Waals surface area contributed by atoms with Gasteiger partial charge in [0.25, 0.3) is 0 Å². The molecule has 9 heteroatoms. The van der Waals surface area contributed by atoms with E-state index in [4.69, 9.17) is 12.2 Å². The van der Waals surface area contributed by atoms with Crippen molar-refractivity contribution in [1.82, 2.24) is 16.2 Å². The Bertz CT molecular complexity index is 591. The molecule has 126 valence electrons. The van der Waals surface area contributed by atoms with E-state index in [-0.39, 0.29) is 0 Å². The second kappa shape index (κ2) is 11.1. The van der Waals surface area contributed by atoms with Crippen LogP contribution in [0.25, 0.3) is 0 Å². The fourth-order valence-electron chi connectivity index (χ4n) is 1.47. The molecule has 0 radical (unpaired) electrons. The number of thiophene rings is 1. The van der Waals surface area contributed by atoms with E-state index in [2.05, 4.69) is 38.3 Å². The van der Waals surface area contributed by atoms with Gasteiger partial charge in [-0.25, -0.2) is 0 Å². The second-order valence-corrected chi connectivity index (χ2v) is 6.72. The SMILES string of the molecule is CCN=C(N/N=C/C(=N/NC(=S)NCC)c1ccc(C)s1)SC. The monoisotopic (exact) mass is 370 g/mol. The summed E-state index contributed by atoms with van der Waals surface area (Å²) in [7, 11) is 0. The lowest BCUT2D eigenvalue weighted by Gasteiger charge is -2.05. The maximum absolute atomic E-state index is 5.13. The average Bonchev–Trinajstić information content (AvgIpc) is 2.96. The van der Waals surface area contributed by atoms with Crippen molar-refractivity contribution in [3.05, 3.63) is 21.9 Å². The van der Waals surface area contributed by atoms with Gasteiger partial charge in [0.15, 0.2) is 10.3 Å². The standard InChI is InChI=1S/C14H22N6S3/c1-5-15-13(21)19-18-11(12-8-7-10(3)23-12)9-17-20-14(22-4)16-6-2/h7-9H,5-6H2,1-4H3,(H,16,20)(H2,15,19,21)/b17-9+,18-11-. The van der Waals surface area contributed by atoms with Gasteiger partial charge in [0.05, 0.1) is 11.1 Å². The number of thioether (sulfide) groups is 1. The minimum atomic E-state index is 0.483. The molecule has 1 aromatic rings. The molecule has 0 saturated carbocycles. The molecule has 0 aliphatic rings. The molecule has 0 atom stereocenters. The summed E-state index contributed by atoms with van der Waals surface area (Å²) in [6.07, 6.45) is 3.61. The number of amidine groups is 1. The molecule has 0 unspecified atom stereocenters. The maximum atomic E-state index is 5.13. The molecule has 23 heavy (non-hydrogen) atoms. The zero-order chi connectivity index (χ0) is 17.1. The Morgan fingerprint density at radius 2 is 2.13 bits per heavy atom. The Hall–Kier alpha value is -1.45. The zero-order valence-corrected chi connectivity index (χ0v) is 16.2. The Labute approximate surface area is 150 Å². The number of hydrazone groups is 2. The van der Waals surface area contributed by atoms with Crippen LogP contribution < -0.4 is 16.2 Å². The second-order valence-electron chi connectivity index (χ2n) is 4.23. The van der Waals surface area contributed by atoms with Crippen molar-refractivity contribution in [3.8, 4) is 0 Å². The van der Waals surface area contributed by atoms with Gasteiger partial charge in [-0.3, -0.25) is 15.8 Å². The molecule has 1 aromatic heterocycles. The van der Waals surface area contributed by atoms with Crippen LogP contribution in [-0.2, 0) is 0 Å². The van der Waals surface area contributed by atoms with Crippen LogP contribution in [0, 0.1) is 6.92 Å². The highest BCUT2D eigenvalue weighted by atomic mass is 32.2. The van der Waals surface area contributed by atoms with Crippen LogP contribution in [0.3, 0.4) is 0 Å². The van der Waals surface area contributed by atoms with Gasteiger partial charge in [0.1, 0.15) is 5.71 Å². The first kappa shape index (κ1) is 19.6. The number of rotatable bonds is 6. The molecule has 0 amide bonds. The smallest absolute Gasteiger partial charge is 0.186 e. The highest BCUT2D eigenvalue weighted by Crippen LogP contribution is 2.15. The molecular formula is C14H22N6S3. The zero-order valence-electron chi connectivity index (χ0n) is 13.7. The highest BCUT2D eigenvalue weighted by Gasteiger charge is 2.05. The van der Waals surface area contributed by atoms with E-state index in [1.165, 1.54) is 16.6 Å². The molecule has 0 fully saturated rings. The van der Waals surface area contributed by atoms with E-state index in [9.17, 15) is 0 Å². The van der Waals surface area contributed by atoms with Gasteiger partial charge in [-0.1, -0.05) is 11.8 Å². The first-order valence-corrected chi connectivity index (χ1v) is 9.61. The normalized spacial score (nSPS) is 12.5. The third kappa shape index (κ3) is 7.58. The van der Waals surface area contributed by atoms with Gasteiger partial charge < -0.3 is 5.32 Å². The number of hydrogen-bond acceptors (Lipinski definition) is 6. The van der Waals surface area contributed by atoms with Crippen LogP contribution in [0.15, 0.2) is 27.3 Å². The Morgan fingerprint density at radius 1 is 1.35 bits per heavy atom. The van der Waals surface area contributed by atoms with E-state index in [1.54, 1.807) is 17.6 Å². The van der Waals surface area contributed by atoms with E-state index in [0.717, 1.165) is 16.6 Å². The van der Waals surface area contributed by atoms with Gasteiger partial charge >= 0.3 is 0 Å². The van der Waals surface area contributed by atoms with E-state index < -0.39 is 0 Å². The van der Waals surface area contributed by atoms with Crippen molar-refractivity contribution in [1.29, 1.82) is 0 Å². The Kier molecular flexibility index (Phi) is 9.49. The summed E-state index contributed by atoms with van der Waals surface area (Å²) >= 11 is 8.28. The summed E-state index contributed by atoms with van der Waals surface area (Å²) in [4.78, 5) is 6.51. The number of thiocarbonyl (C=S) groups is 1. The number of nitrogens with zero attached hydrogens (tertiary/aromatic N) is 3. The number of aryl methyl sites for hydroxylation is 1. The molecule has 0 spiro atoms. The summed E-state index contributed by atoms with van der Waals surface area (Å²) in [6, 6.07) is 4.06. The van der Waals surface area contributed by atoms with E-state index in [1.807, 2.05) is 32.2 Å². The van der Waals surface area contributed by atoms with E-state index in [0.29, 0.717) is 17.4 Å². The van der Waals surface area contributed by atoms with Gasteiger partial charge in [-0.2, -0.15) is 10.2 Å².